The SMILES string of the molecule is CCC(C(=O)Nc1ccc(N2CCCN(C(=O)c3ccc(Cl)cc3)CC2)nc1)c1ccccc1. The zero-order chi connectivity index (χ0) is 23.9. The van der Waals surface area contributed by atoms with Gasteiger partial charge in [-0.3, -0.25) is 9.59 Å². The zero-order valence-corrected chi connectivity index (χ0v) is 20.0. The third kappa shape index (κ3) is 5.75. The fourth-order valence-corrected chi connectivity index (χ4v) is 4.38. The molecule has 0 radical (unpaired) electrons. The highest BCUT2D eigenvalue weighted by Crippen LogP contribution is 2.23. The number of nitrogens with one attached hydrogen (secondary N) is 1. The fraction of sp³-hybridized carbons (Fsp3) is 0.296. The molecule has 1 fully saturated rings. The van der Waals surface area contributed by atoms with E-state index < -0.39 is 0 Å². The van der Waals surface area contributed by atoms with Crippen molar-refractivity contribution in [2.75, 3.05) is 36.4 Å². The van der Waals surface area contributed by atoms with Crippen LogP contribution in [0.2, 0.25) is 5.02 Å². The zero-order valence-electron chi connectivity index (χ0n) is 19.3. The Morgan fingerprint density at radius 3 is 2.41 bits per heavy atom. The van der Waals surface area contributed by atoms with Gasteiger partial charge >= 0.3 is 0 Å². The molecule has 7 heteroatoms. The summed E-state index contributed by atoms with van der Waals surface area (Å²) in [4.78, 5) is 34.3. The second kappa shape index (κ2) is 11.2. The highest BCUT2D eigenvalue weighted by atomic mass is 35.5. The van der Waals surface area contributed by atoms with E-state index >= 15 is 0 Å². The predicted octanol–water partition coefficient (Wildman–Crippen LogP) is 5.22. The molecule has 1 aromatic heterocycles. The van der Waals surface area contributed by atoms with Crippen LogP contribution in [-0.2, 0) is 4.79 Å². The molecule has 1 aliphatic rings. The number of benzene rings is 2. The number of pyridine rings is 1. The molecule has 1 N–H and O–H groups in total. The Labute approximate surface area is 205 Å². The maximum Gasteiger partial charge on any atom is 0.253 e. The lowest BCUT2D eigenvalue weighted by Crippen LogP contribution is -2.35. The van der Waals surface area contributed by atoms with Gasteiger partial charge in [-0.05, 0) is 54.8 Å². The number of hydrogen-bond acceptors (Lipinski definition) is 4. The van der Waals surface area contributed by atoms with Crippen molar-refractivity contribution in [2.45, 2.75) is 25.7 Å². The largest absolute Gasteiger partial charge is 0.355 e. The highest BCUT2D eigenvalue weighted by molar-refractivity contribution is 6.30. The second-order valence-corrected chi connectivity index (χ2v) is 8.84. The summed E-state index contributed by atoms with van der Waals surface area (Å²) in [6.07, 6.45) is 3.28. The number of halogens is 1. The molecule has 1 aliphatic heterocycles. The van der Waals surface area contributed by atoms with Crippen molar-refractivity contribution < 1.29 is 9.59 Å². The Bertz CT molecular complexity index is 1100. The van der Waals surface area contributed by atoms with Crippen molar-refractivity contribution in [1.82, 2.24) is 9.88 Å². The molecule has 176 valence electrons. The minimum Gasteiger partial charge on any atom is -0.355 e. The maximum absolute atomic E-state index is 12.8. The molecule has 0 spiro atoms. The van der Waals surface area contributed by atoms with Gasteiger partial charge in [0, 0.05) is 36.8 Å². The summed E-state index contributed by atoms with van der Waals surface area (Å²) in [5.41, 5.74) is 2.34. The molecular formula is C27H29ClN4O2. The summed E-state index contributed by atoms with van der Waals surface area (Å²) in [6, 6.07) is 20.6. The lowest BCUT2D eigenvalue weighted by atomic mass is 9.95. The van der Waals surface area contributed by atoms with E-state index in [2.05, 4.69) is 15.2 Å². The summed E-state index contributed by atoms with van der Waals surface area (Å²) in [5.74, 6) is 0.632. The topological polar surface area (TPSA) is 65.5 Å². The molecule has 0 bridgehead atoms. The number of amides is 2. The number of carbonyl (C=O) groups excluding carboxylic acids is 2. The first-order valence-corrected chi connectivity index (χ1v) is 12.0. The minimum absolute atomic E-state index is 0.0217. The average molecular weight is 477 g/mol. The third-order valence-corrected chi connectivity index (χ3v) is 6.39. The summed E-state index contributed by atoms with van der Waals surface area (Å²) in [6.45, 7) is 4.85. The van der Waals surface area contributed by atoms with Crippen LogP contribution < -0.4 is 10.2 Å². The molecule has 1 atom stereocenters. The van der Waals surface area contributed by atoms with E-state index in [1.165, 1.54) is 0 Å². The Morgan fingerprint density at radius 2 is 1.74 bits per heavy atom. The van der Waals surface area contributed by atoms with Crippen molar-refractivity contribution in [3.8, 4) is 0 Å². The van der Waals surface area contributed by atoms with Gasteiger partial charge in [-0.2, -0.15) is 0 Å². The van der Waals surface area contributed by atoms with E-state index in [0.29, 0.717) is 35.9 Å². The van der Waals surface area contributed by atoms with Gasteiger partial charge in [-0.1, -0.05) is 48.9 Å². The molecule has 1 unspecified atom stereocenters. The van der Waals surface area contributed by atoms with Crippen LogP contribution >= 0.6 is 11.6 Å². The van der Waals surface area contributed by atoms with Crippen LogP contribution in [0.15, 0.2) is 72.9 Å². The number of nitrogens with zero attached hydrogens (tertiary/aromatic N) is 3. The van der Waals surface area contributed by atoms with Crippen LogP contribution in [0.3, 0.4) is 0 Å². The van der Waals surface area contributed by atoms with E-state index in [1.807, 2.05) is 54.3 Å². The average Bonchev–Trinajstić information content (AvgIpc) is 3.12. The van der Waals surface area contributed by atoms with E-state index in [-0.39, 0.29) is 17.7 Å². The Hall–Kier alpha value is -3.38. The number of hydrogen-bond donors (Lipinski definition) is 1. The Balaban J connectivity index is 1.36. The minimum atomic E-state index is -0.198. The first kappa shape index (κ1) is 23.8. The molecule has 1 saturated heterocycles. The molecular weight excluding hydrogens is 448 g/mol. The quantitative estimate of drug-likeness (QED) is 0.529. The Morgan fingerprint density at radius 1 is 0.971 bits per heavy atom. The van der Waals surface area contributed by atoms with Gasteiger partial charge in [0.1, 0.15) is 5.82 Å². The molecule has 2 heterocycles. The molecule has 0 aliphatic carbocycles. The van der Waals surface area contributed by atoms with Crippen molar-refractivity contribution in [3.63, 3.8) is 0 Å². The first-order valence-electron chi connectivity index (χ1n) is 11.7. The van der Waals surface area contributed by atoms with Crippen molar-refractivity contribution in [3.05, 3.63) is 89.1 Å². The molecule has 6 nitrogen and oxygen atoms in total. The molecule has 0 saturated carbocycles. The van der Waals surface area contributed by atoms with E-state index in [1.54, 1.807) is 30.5 Å². The van der Waals surface area contributed by atoms with E-state index in [9.17, 15) is 9.59 Å². The Kier molecular flexibility index (Phi) is 7.80. The third-order valence-electron chi connectivity index (χ3n) is 6.14. The number of rotatable bonds is 6. The van der Waals surface area contributed by atoms with Gasteiger partial charge in [-0.25, -0.2) is 4.98 Å². The van der Waals surface area contributed by atoms with Crippen LogP contribution in [0.4, 0.5) is 11.5 Å². The van der Waals surface area contributed by atoms with Gasteiger partial charge in [-0.15, -0.1) is 0 Å². The van der Waals surface area contributed by atoms with Crippen LogP contribution in [-0.4, -0.2) is 47.9 Å². The van der Waals surface area contributed by atoms with Gasteiger partial charge in [0.2, 0.25) is 5.91 Å². The van der Waals surface area contributed by atoms with Crippen LogP contribution in [0.25, 0.3) is 0 Å². The van der Waals surface area contributed by atoms with Gasteiger partial charge in [0.05, 0.1) is 17.8 Å². The standard InChI is InChI=1S/C27H29ClN4O2/c1-2-24(20-7-4-3-5-8-20)26(33)30-23-13-14-25(29-19-23)31-15-6-16-32(18-17-31)27(34)21-9-11-22(28)12-10-21/h3-5,7-14,19,24H,2,6,15-18H2,1H3,(H,30,33). The maximum atomic E-state index is 12.8. The van der Waals surface area contributed by atoms with Crippen molar-refractivity contribution >= 4 is 34.9 Å². The summed E-state index contributed by atoms with van der Waals surface area (Å²) < 4.78 is 0. The van der Waals surface area contributed by atoms with E-state index in [4.69, 9.17) is 11.6 Å². The fourth-order valence-electron chi connectivity index (χ4n) is 4.26. The smallest absolute Gasteiger partial charge is 0.253 e. The summed E-state index contributed by atoms with van der Waals surface area (Å²) in [7, 11) is 0. The van der Waals surface area contributed by atoms with Crippen LogP contribution in [0, 0.1) is 0 Å². The molecule has 2 amide bonds. The number of aromatic nitrogens is 1. The molecule has 3 aromatic rings. The first-order chi connectivity index (χ1) is 16.5. The predicted molar refractivity (Wildman–Crippen MR) is 137 cm³/mol. The molecule has 2 aromatic carbocycles. The van der Waals surface area contributed by atoms with Crippen molar-refractivity contribution in [2.24, 2.45) is 0 Å². The monoisotopic (exact) mass is 476 g/mol. The normalized spacial score (nSPS) is 14.9. The lowest BCUT2D eigenvalue weighted by Gasteiger charge is -2.23. The summed E-state index contributed by atoms with van der Waals surface area (Å²) in [5, 5.41) is 3.62. The van der Waals surface area contributed by atoms with Crippen LogP contribution in [0.5, 0.6) is 0 Å². The van der Waals surface area contributed by atoms with Gasteiger partial charge in [0.25, 0.3) is 5.91 Å². The second-order valence-electron chi connectivity index (χ2n) is 8.41. The van der Waals surface area contributed by atoms with Gasteiger partial charge in [0.15, 0.2) is 0 Å². The molecule has 34 heavy (non-hydrogen) atoms. The lowest BCUT2D eigenvalue weighted by molar-refractivity contribution is -0.117. The molecule has 4 rings (SSSR count). The number of anilines is 2. The van der Waals surface area contributed by atoms with E-state index in [0.717, 1.165) is 30.8 Å². The van der Waals surface area contributed by atoms with Crippen LogP contribution in [0.1, 0.15) is 41.6 Å². The van der Waals surface area contributed by atoms with Gasteiger partial charge < -0.3 is 15.1 Å². The summed E-state index contributed by atoms with van der Waals surface area (Å²) >= 11 is 5.94. The van der Waals surface area contributed by atoms with Crippen molar-refractivity contribution in [1.29, 1.82) is 0 Å². The highest BCUT2D eigenvalue weighted by Gasteiger charge is 2.22. The number of carbonyl (C=O) groups is 2.